The minimum Gasteiger partial charge on any atom is -0.481 e. The Morgan fingerprint density at radius 2 is 2.26 bits per heavy atom. The first-order chi connectivity index (χ1) is 9.06. The zero-order chi connectivity index (χ0) is 13.8. The number of halogens is 1. The maximum absolute atomic E-state index is 12.2. The van der Waals surface area contributed by atoms with E-state index in [0.29, 0.717) is 29.9 Å². The van der Waals surface area contributed by atoms with E-state index >= 15 is 0 Å². The molecule has 1 aromatic rings. The highest BCUT2D eigenvalue weighted by molar-refractivity contribution is 9.10. The molecule has 19 heavy (non-hydrogen) atoms. The standard InChI is InChI=1S/C13H16BrNO4/c14-11-5-4-10(19-11)13(18)15-7-1-2-9(8-15)3-6-12(16)17/h4-5,9H,1-3,6-8H2,(H,16,17)/t9-/m1/s1. The first-order valence-corrected chi connectivity index (χ1v) is 7.12. The highest BCUT2D eigenvalue weighted by atomic mass is 79.9. The highest BCUT2D eigenvalue weighted by Crippen LogP contribution is 2.23. The van der Waals surface area contributed by atoms with Crippen molar-refractivity contribution in [1.82, 2.24) is 4.90 Å². The topological polar surface area (TPSA) is 70.8 Å². The number of piperidine rings is 1. The van der Waals surface area contributed by atoms with Crippen molar-refractivity contribution in [2.45, 2.75) is 25.7 Å². The van der Waals surface area contributed by atoms with Gasteiger partial charge >= 0.3 is 5.97 Å². The first-order valence-electron chi connectivity index (χ1n) is 6.32. The Bertz CT molecular complexity index is 471. The van der Waals surface area contributed by atoms with Crippen LogP contribution in [0.4, 0.5) is 0 Å². The van der Waals surface area contributed by atoms with Crippen LogP contribution in [0.3, 0.4) is 0 Å². The van der Waals surface area contributed by atoms with Gasteiger partial charge in [0.2, 0.25) is 0 Å². The van der Waals surface area contributed by atoms with Gasteiger partial charge in [-0.15, -0.1) is 0 Å². The van der Waals surface area contributed by atoms with E-state index in [1.807, 2.05) is 0 Å². The van der Waals surface area contributed by atoms with E-state index in [2.05, 4.69) is 15.9 Å². The van der Waals surface area contributed by atoms with Crippen LogP contribution in [0.1, 0.15) is 36.2 Å². The fourth-order valence-corrected chi connectivity index (χ4v) is 2.70. The number of hydrogen-bond acceptors (Lipinski definition) is 3. The molecule has 5 nitrogen and oxygen atoms in total. The maximum atomic E-state index is 12.2. The molecule has 6 heteroatoms. The van der Waals surface area contributed by atoms with Gasteiger partial charge in [-0.2, -0.15) is 0 Å². The van der Waals surface area contributed by atoms with Gasteiger partial charge in [-0.1, -0.05) is 0 Å². The fraction of sp³-hybridized carbons (Fsp3) is 0.538. The lowest BCUT2D eigenvalue weighted by Gasteiger charge is -2.32. The Labute approximate surface area is 119 Å². The van der Waals surface area contributed by atoms with Gasteiger partial charge in [-0.3, -0.25) is 9.59 Å². The quantitative estimate of drug-likeness (QED) is 0.921. The Hall–Kier alpha value is -1.30. The Morgan fingerprint density at radius 3 is 2.89 bits per heavy atom. The summed E-state index contributed by atoms with van der Waals surface area (Å²) in [6.07, 6.45) is 2.69. The predicted molar refractivity (Wildman–Crippen MR) is 71.9 cm³/mol. The average molecular weight is 330 g/mol. The van der Waals surface area contributed by atoms with Crippen LogP contribution in [0, 0.1) is 5.92 Å². The number of carboxylic acids is 1. The summed E-state index contributed by atoms with van der Waals surface area (Å²) in [4.78, 5) is 24.5. The number of amides is 1. The van der Waals surface area contributed by atoms with Crippen molar-refractivity contribution in [3.8, 4) is 0 Å². The Morgan fingerprint density at radius 1 is 1.47 bits per heavy atom. The molecule has 1 aromatic heterocycles. The number of carboxylic acid groups (broad SMARTS) is 1. The van der Waals surface area contributed by atoms with E-state index in [9.17, 15) is 9.59 Å². The molecule has 0 aromatic carbocycles. The number of aliphatic carboxylic acids is 1. The van der Waals surface area contributed by atoms with Crippen molar-refractivity contribution in [3.05, 3.63) is 22.6 Å². The van der Waals surface area contributed by atoms with Crippen molar-refractivity contribution in [1.29, 1.82) is 0 Å². The van der Waals surface area contributed by atoms with Gasteiger partial charge < -0.3 is 14.4 Å². The summed E-state index contributed by atoms with van der Waals surface area (Å²) in [6, 6.07) is 3.34. The summed E-state index contributed by atoms with van der Waals surface area (Å²) in [6.45, 7) is 1.32. The summed E-state index contributed by atoms with van der Waals surface area (Å²) in [5.74, 6) is -0.304. The van der Waals surface area contributed by atoms with Gasteiger partial charge in [0.15, 0.2) is 10.4 Å². The third-order valence-corrected chi connectivity index (χ3v) is 3.78. The molecular weight excluding hydrogens is 314 g/mol. The van der Waals surface area contributed by atoms with E-state index in [1.54, 1.807) is 17.0 Å². The molecule has 1 aliphatic heterocycles. The normalized spacial score (nSPS) is 19.4. The minimum absolute atomic E-state index is 0.120. The molecule has 104 valence electrons. The second kappa shape index (κ2) is 6.23. The molecule has 1 aliphatic rings. The predicted octanol–water partition coefficient (Wildman–Crippen LogP) is 2.76. The van der Waals surface area contributed by atoms with E-state index in [-0.39, 0.29) is 18.2 Å². The van der Waals surface area contributed by atoms with Crippen LogP contribution in [-0.2, 0) is 4.79 Å². The van der Waals surface area contributed by atoms with Crippen LogP contribution in [-0.4, -0.2) is 35.0 Å². The van der Waals surface area contributed by atoms with E-state index in [0.717, 1.165) is 12.8 Å². The van der Waals surface area contributed by atoms with Crippen LogP contribution in [0.25, 0.3) is 0 Å². The van der Waals surface area contributed by atoms with Crippen molar-refractivity contribution in [2.24, 2.45) is 5.92 Å². The van der Waals surface area contributed by atoms with Crippen LogP contribution in [0.15, 0.2) is 21.2 Å². The molecule has 0 radical (unpaired) electrons. The first kappa shape index (κ1) is 14.1. The average Bonchev–Trinajstić information content (AvgIpc) is 2.82. The molecule has 0 saturated carbocycles. The molecule has 2 rings (SSSR count). The van der Waals surface area contributed by atoms with Crippen LogP contribution >= 0.6 is 15.9 Å². The highest BCUT2D eigenvalue weighted by Gasteiger charge is 2.26. The van der Waals surface area contributed by atoms with Gasteiger partial charge in [-0.05, 0) is 53.2 Å². The smallest absolute Gasteiger partial charge is 0.303 e. The second-order valence-electron chi connectivity index (χ2n) is 4.80. The third-order valence-electron chi connectivity index (χ3n) is 3.36. The number of carbonyl (C=O) groups is 2. The zero-order valence-corrected chi connectivity index (χ0v) is 12.1. The monoisotopic (exact) mass is 329 g/mol. The lowest BCUT2D eigenvalue weighted by atomic mass is 9.93. The van der Waals surface area contributed by atoms with Crippen LogP contribution < -0.4 is 0 Å². The van der Waals surface area contributed by atoms with Gasteiger partial charge in [0, 0.05) is 19.5 Å². The van der Waals surface area contributed by atoms with E-state index in [1.165, 1.54) is 0 Å². The number of furan rings is 1. The number of rotatable bonds is 4. The second-order valence-corrected chi connectivity index (χ2v) is 5.58. The third kappa shape index (κ3) is 3.83. The molecule has 0 bridgehead atoms. The molecule has 0 unspecified atom stereocenters. The SMILES string of the molecule is O=C(O)CC[C@H]1CCCN(C(=O)c2ccc(Br)o2)C1. The number of likely N-dealkylation sites (tertiary alicyclic amines) is 1. The Kier molecular flexibility index (Phi) is 4.63. The number of carbonyl (C=O) groups excluding carboxylic acids is 1. The summed E-state index contributed by atoms with van der Waals surface area (Å²) in [5, 5.41) is 8.70. The molecule has 1 N–H and O–H groups in total. The molecule has 1 saturated heterocycles. The van der Waals surface area contributed by atoms with Crippen LogP contribution in [0.5, 0.6) is 0 Å². The van der Waals surface area contributed by atoms with Crippen molar-refractivity contribution in [3.63, 3.8) is 0 Å². The molecule has 0 aliphatic carbocycles. The largest absolute Gasteiger partial charge is 0.481 e. The summed E-state index contributed by atoms with van der Waals surface area (Å²) >= 11 is 3.17. The zero-order valence-electron chi connectivity index (χ0n) is 10.5. The molecule has 2 heterocycles. The molecule has 1 fully saturated rings. The molecule has 1 atom stereocenters. The number of hydrogen-bond donors (Lipinski definition) is 1. The lowest BCUT2D eigenvalue weighted by molar-refractivity contribution is -0.137. The lowest BCUT2D eigenvalue weighted by Crippen LogP contribution is -2.39. The van der Waals surface area contributed by atoms with Crippen molar-refractivity contribution in [2.75, 3.05) is 13.1 Å². The summed E-state index contributed by atoms with van der Waals surface area (Å²) in [7, 11) is 0. The van der Waals surface area contributed by atoms with E-state index in [4.69, 9.17) is 9.52 Å². The Balaban J connectivity index is 1.93. The van der Waals surface area contributed by atoms with Gasteiger partial charge in [0.1, 0.15) is 0 Å². The van der Waals surface area contributed by atoms with Gasteiger partial charge in [0.05, 0.1) is 0 Å². The van der Waals surface area contributed by atoms with Gasteiger partial charge in [-0.25, -0.2) is 0 Å². The fourth-order valence-electron chi connectivity index (χ4n) is 2.40. The minimum atomic E-state index is -0.779. The summed E-state index contributed by atoms with van der Waals surface area (Å²) < 4.78 is 5.80. The van der Waals surface area contributed by atoms with E-state index < -0.39 is 5.97 Å². The van der Waals surface area contributed by atoms with Crippen molar-refractivity contribution < 1.29 is 19.1 Å². The summed E-state index contributed by atoms with van der Waals surface area (Å²) in [5.41, 5.74) is 0. The molecule has 1 amide bonds. The number of nitrogens with zero attached hydrogens (tertiary/aromatic N) is 1. The maximum Gasteiger partial charge on any atom is 0.303 e. The van der Waals surface area contributed by atoms with Gasteiger partial charge in [0.25, 0.3) is 5.91 Å². The molecule has 0 spiro atoms. The van der Waals surface area contributed by atoms with Crippen molar-refractivity contribution >= 4 is 27.8 Å². The molecular formula is C13H16BrNO4. The van der Waals surface area contributed by atoms with Crippen LogP contribution in [0.2, 0.25) is 0 Å².